The van der Waals surface area contributed by atoms with Crippen LogP contribution in [-0.2, 0) is 6.42 Å². The Morgan fingerprint density at radius 2 is 1.94 bits per heavy atom. The number of alkyl halides is 2. The van der Waals surface area contributed by atoms with Gasteiger partial charge < -0.3 is 0 Å². The molecule has 16 heavy (non-hydrogen) atoms. The van der Waals surface area contributed by atoms with Gasteiger partial charge in [0.05, 0.1) is 5.02 Å². The lowest BCUT2D eigenvalue weighted by molar-refractivity contribution is 0.373. The van der Waals surface area contributed by atoms with Gasteiger partial charge in [0.1, 0.15) is 5.82 Å². The molecule has 0 heterocycles. The van der Waals surface area contributed by atoms with Crippen LogP contribution >= 0.6 is 43.5 Å². The van der Waals surface area contributed by atoms with Gasteiger partial charge in [0.15, 0.2) is 0 Å². The Morgan fingerprint density at radius 1 is 1.31 bits per heavy atom. The fraction of sp³-hybridized carbons (Fsp3) is 0.500. The summed E-state index contributed by atoms with van der Waals surface area (Å²) in [4.78, 5) is 0. The molecule has 90 valence electrons. The van der Waals surface area contributed by atoms with Crippen molar-refractivity contribution in [2.24, 2.45) is 5.41 Å². The molecule has 0 aliphatic rings. The Hall–Kier alpha value is 0.400. The third-order valence-electron chi connectivity index (χ3n) is 2.88. The molecule has 0 bridgehead atoms. The molecule has 0 aliphatic carbocycles. The molecule has 0 aliphatic heterocycles. The third kappa shape index (κ3) is 3.44. The predicted molar refractivity (Wildman–Crippen MR) is 75.4 cm³/mol. The van der Waals surface area contributed by atoms with Gasteiger partial charge in [-0.1, -0.05) is 56.5 Å². The van der Waals surface area contributed by atoms with Crippen LogP contribution in [0.3, 0.4) is 0 Å². The lowest BCUT2D eigenvalue weighted by Crippen LogP contribution is -2.26. The fourth-order valence-electron chi connectivity index (χ4n) is 1.53. The normalized spacial score (nSPS) is 11.8. The van der Waals surface area contributed by atoms with Crippen molar-refractivity contribution in [3.05, 3.63) is 34.6 Å². The maximum atomic E-state index is 13.0. The summed E-state index contributed by atoms with van der Waals surface area (Å²) in [5, 5.41) is 2.03. The molecule has 0 aromatic heterocycles. The second-order valence-corrected chi connectivity index (χ2v) is 5.57. The van der Waals surface area contributed by atoms with Gasteiger partial charge in [-0.05, 0) is 36.0 Å². The van der Waals surface area contributed by atoms with Crippen LogP contribution in [0.5, 0.6) is 0 Å². The first-order valence-corrected chi connectivity index (χ1v) is 7.75. The second-order valence-electron chi connectivity index (χ2n) is 4.05. The minimum Gasteiger partial charge on any atom is -0.205 e. The average Bonchev–Trinajstić information content (AvgIpc) is 2.31. The summed E-state index contributed by atoms with van der Waals surface area (Å²) in [6.45, 7) is 2.16. The van der Waals surface area contributed by atoms with Crippen molar-refractivity contribution < 1.29 is 4.39 Å². The van der Waals surface area contributed by atoms with Crippen LogP contribution in [0.2, 0.25) is 5.02 Å². The number of hydrogen-bond donors (Lipinski definition) is 0. The van der Waals surface area contributed by atoms with Crippen LogP contribution in [0.25, 0.3) is 0 Å². The first-order valence-electron chi connectivity index (χ1n) is 5.13. The van der Waals surface area contributed by atoms with Gasteiger partial charge in [-0.2, -0.15) is 0 Å². The van der Waals surface area contributed by atoms with Gasteiger partial charge in [0.25, 0.3) is 0 Å². The molecule has 1 aromatic rings. The van der Waals surface area contributed by atoms with E-state index in [9.17, 15) is 4.39 Å². The fourth-order valence-corrected chi connectivity index (χ4v) is 3.85. The summed E-state index contributed by atoms with van der Waals surface area (Å²) < 4.78 is 13.0. The zero-order chi connectivity index (χ0) is 12.2. The van der Waals surface area contributed by atoms with Gasteiger partial charge in [-0.15, -0.1) is 0 Å². The highest BCUT2D eigenvalue weighted by molar-refractivity contribution is 9.09. The Morgan fingerprint density at radius 3 is 2.38 bits per heavy atom. The van der Waals surface area contributed by atoms with Gasteiger partial charge in [-0.3, -0.25) is 0 Å². The highest BCUT2D eigenvalue weighted by atomic mass is 79.9. The molecule has 0 unspecified atom stereocenters. The standard InChI is InChI=1S/C12H14Br2ClF/c1-2-12(7-13,8-14)6-9-3-4-11(16)10(15)5-9/h3-5H,2,6-8H2,1H3. The van der Waals surface area contributed by atoms with E-state index in [1.807, 2.05) is 0 Å². The van der Waals surface area contributed by atoms with E-state index in [1.165, 1.54) is 6.07 Å². The highest BCUT2D eigenvalue weighted by Crippen LogP contribution is 2.32. The molecule has 4 heteroatoms. The van der Waals surface area contributed by atoms with E-state index in [2.05, 4.69) is 38.8 Å². The Labute approximate surface area is 118 Å². The largest absolute Gasteiger partial charge is 0.205 e. The van der Waals surface area contributed by atoms with E-state index in [0.29, 0.717) is 0 Å². The van der Waals surface area contributed by atoms with E-state index in [1.54, 1.807) is 12.1 Å². The molecule has 0 amide bonds. The van der Waals surface area contributed by atoms with E-state index in [4.69, 9.17) is 11.6 Å². The molecule has 0 atom stereocenters. The van der Waals surface area contributed by atoms with Crippen molar-refractivity contribution in [1.82, 2.24) is 0 Å². The monoisotopic (exact) mass is 370 g/mol. The number of rotatable bonds is 5. The minimum absolute atomic E-state index is 0.168. The maximum Gasteiger partial charge on any atom is 0.141 e. The quantitative estimate of drug-likeness (QED) is 0.623. The van der Waals surface area contributed by atoms with E-state index in [-0.39, 0.29) is 16.3 Å². The zero-order valence-corrected chi connectivity index (χ0v) is 13.0. The van der Waals surface area contributed by atoms with Crippen molar-refractivity contribution >= 4 is 43.5 Å². The van der Waals surface area contributed by atoms with E-state index >= 15 is 0 Å². The molecule has 0 radical (unpaired) electrons. The first-order chi connectivity index (χ1) is 7.56. The van der Waals surface area contributed by atoms with Crippen molar-refractivity contribution in [2.75, 3.05) is 10.7 Å². The van der Waals surface area contributed by atoms with Crippen molar-refractivity contribution in [3.63, 3.8) is 0 Å². The number of benzene rings is 1. The van der Waals surface area contributed by atoms with Crippen molar-refractivity contribution in [1.29, 1.82) is 0 Å². The van der Waals surface area contributed by atoms with Crippen LogP contribution in [0.1, 0.15) is 18.9 Å². The minimum atomic E-state index is -0.356. The molecule has 0 saturated carbocycles. The van der Waals surface area contributed by atoms with Gasteiger partial charge >= 0.3 is 0 Å². The van der Waals surface area contributed by atoms with Crippen molar-refractivity contribution in [3.8, 4) is 0 Å². The summed E-state index contributed by atoms with van der Waals surface area (Å²) in [7, 11) is 0. The Kier molecular flexibility index (Phi) is 5.75. The molecule has 0 saturated heterocycles. The Bertz CT molecular complexity index is 343. The molecule has 0 fully saturated rings. The number of hydrogen-bond acceptors (Lipinski definition) is 0. The smallest absolute Gasteiger partial charge is 0.141 e. The van der Waals surface area contributed by atoms with Crippen LogP contribution in [0, 0.1) is 11.2 Å². The molecule has 1 aromatic carbocycles. The molecule has 0 spiro atoms. The van der Waals surface area contributed by atoms with Crippen LogP contribution in [0.15, 0.2) is 18.2 Å². The average molecular weight is 373 g/mol. The summed E-state index contributed by atoms with van der Waals surface area (Å²) in [5.74, 6) is -0.356. The van der Waals surface area contributed by atoms with Crippen LogP contribution < -0.4 is 0 Å². The second kappa shape index (κ2) is 6.36. The molecule has 1 rings (SSSR count). The summed E-state index contributed by atoms with van der Waals surface area (Å²) in [5.41, 5.74) is 1.24. The maximum absolute atomic E-state index is 13.0. The van der Waals surface area contributed by atoms with Gasteiger partial charge in [0, 0.05) is 10.7 Å². The summed E-state index contributed by atoms with van der Waals surface area (Å²) >= 11 is 12.9. The lowest BCUT2D eigenvalue weighted by atomic mass is 9.83. The SMILES string of the molecule is CCC(CBr)(CBr)Cc1ccc(F)c(Cl)c1. The van der Waals surface area contributed by atoms with Crippen LogP contribution in [0.4, 0.5) is 4.39 Å². The van der Waals surface area contributed by atoms with Crippen molar-refractivity contribution in [2.45, 2.75) is 19.8 Å². The molecule has 0 N–H and O–H groups in total. The number of halogens is 4. The first kappa shape index (κ1) is 14.5. The lowest BCUT2D eigenvalue weighted by Gasteiger charge is -2.28. The summed E-state index contributed by atoms with van der Waals surface area (Å²) in [6.07, 6.45) is 1.94. The van der Waals surface area contributed by atoms with E-state index < -0.39 is 0 Å². The third-order valence-corrected chi connectivity index (χ3v) is 5.55. The summed E-state index contributed by atoms with van der Waals surface area (Å²) in [6, 6.07) is 4.95. The topological polar surface area (TPSA) is 0 Å². The zero-order valence-electron chi connectivity index (χ0n) is 9.07. The highest BCUT2D eigenvalue weighted by Gasteiger charge is 2.26. The molecular weight excluding hydrogens is 358 g/mol. The van der Waals surface area contributed by atoms with Gasteiger partial charge in [-0.25, -0.2) is 4.39 Å². The van der Waals surface area contributed by atoms with Crippen LogP contribution in [-0.4, -0.2) is 10.7 Å². The van der Waals surface area contributed by atoms with Gasteiger partial charge in [0.2, 0.25) is 0 Å². The molecular formula is C12H14Br2ClF. The van der Waals surface area contributed by atoms with E-state index in [0.717, 1.165) is 29.1 Å². The Balaban J connectivity index is 2.89. The molecule has 0 nitrogen and oxygen atoms in total. The predicted octanol–water partition coefficient (Wildman–Crippen LogP) is 5.21.